The molecule has 23 heavy (non-hydrogen) atoms. The van der Waals surface area contributed by atoms with Gasteiger partial charge in [-0.15, -0.1) is 0 Å². The van der Waals surface area contributed by atoms with E-state index in [0.29, 0.717) is 23.0 Å². The first-order valence-corrected chi connectivity index (χ1v) is 7.73. The molecule has 0 radical (unpaired) electrons. The van der Waals surface area contributed by atoms with Crippen molar-refractivity contribution in [3.8, 4) is 0 Å². The zero-order valence-electron chi connectivity index (χ0n) is 12.7. The van der Waals surface area contributed by atoms with Crippen LogP contribution in [0, 0.1) is 4.77 Å². The Labute approximate surface area is 137 Å². The Hall–Kier alpha value is -2.48. The van der Waals surface area contributed by atoms with Gasteiger partial charge in [0.05, 0.1) is 10.9 Å². The van der Waals surface area contributed by atoms with Gasteiger partial charge in [0, 0.05) is 25.1 Å². The molecular formula is C15H18N4O3S. The average Bonchev–Trinajstić information content (AvgIpc) is 2.52. The SMILES string of the molecule is CCCNC(=O)CCNC(=O)c1ccc2c(=O)[nH]c(=S)[nH]c2c1. The molecule has 122 valence electrons. The molecule has 0 bridgehead atoms. The monoisotopic (exact) mass is 334 g/mol. The normalized spacial score (nSPS) is 10.5. The lowest BCUT2D eigenvalue weighted by Crippen LogP contribution is -2.31. The fourth-order valence-corrected chi connectivity index (χ4v) is 2.26. The summed E-state index contributed by atoms with van der Waals surface area (Å²) < 4.78 is 0.202. The van der Waals surface area contributed by atoms with Gasteiger partial charge in [-0.2, -0.15) is 0 Å². The van der Waals surface area contributed by atoms with Crippen LogP contribution in [0.5, 0.6) is 0 Å². The van der Waals surface area contributed by atoms with E-state index in [1.165, 1.54) is 0 Å². The van der Waals surface area contributed by atoms with Crippen LogP contribution >= 0.6 is 12.2 Å². The fourth-order valence-electron chi connectivity index (χ4n) is 2.06. The molecule has 1 aromatic carbocycles. The van der Waals surface area contributed by atoms with E-state index < -0.39 is 0 Å². The Balaban J connectivity index is 2.03. The first-order chi connectivity index (χ1) is 11.0. The third-order valence-corrected chi connectivity index (χ3v) is 3.42. The van der Waals surface area contributed by atoms with Crippen molar-refractivity contribution in [2.75, 3.05) is 13.1 Å². The van der Waals surface area contributed by atoms with Crippen LogP contribution < -0.4 is 16.2 Å². The third kappa shape index (κ3) is 4.49. The molecule has 7 nitrogen and oxygen atoms in total. The van der Waals surface area contributed by atoms with E-state index >= 15 is 0 Å². The Kier molecular flexibility index (Phi) is 5.64. The standard InChI is InChI=1S/C15H18N4O3S/c1-2-6-16-12(20)5-7-17-13(21)9-3-4-10-11(8-9)18-15(23)19-14(10)22/h3-4,8H,2,5-7H2,1H3,(H,16,20)(H,17,21)(H2,18,19,22,23). The lowest BCUT2D eigenvalue weighted by molar-refractivity contribution is -0.120. The zero-order valence-corrected chi connectivity index (χ0v) is 13.5. The number of rotatable bonds is 6. The molecule has 0 unspecified atom stereocenters. The van der Waals surface area contributed by atoms with Crippen LogP contribution in [0.15, 0.2) is 23.0 Å². The predicted molar refractivity (Wildman–Crippen MR) is 90.0 cm³/mol. The summed E-state index contributed by atoms with van der Waals surface area (Å²) >= 11 is 4.91. The van der Waals surface area contributed by atoms with E-state index in [4.69, 9.17) is 12.2 Å². The summed E-state index contributed by atoms with van der Waals surface area (Å²) in [5.74, 6) is -0.406. The highest BCUT2D eigenvalue weighted by Crippen LogP contribution is 2.09. The molecule has 2 amide bonds. The number of aromatic amines is 2. The van der Waals surface area contributed by atoms with Gasteiger partial charge in [0.15, 0.2) is 4.77 Å². The van der Waals surface area contributed by atoms with Crippen molar-refractivity contribution in [1.29, 1.82) is 0 Å². The van der Waals surface area contributed by atoms with Crippen LogP contribution in [0.4, 0.5) is 0 Å². The van der Waals surface area contributed by atoms with E-state index in [1.807, 2.05) is 6.92 Å². The second-order valence-electron chi connectivity index (χ2n) is 5.02. The Morgan fingerprint density at radius 1 is 1.17 bits per heavy atom. The van der Waals surface area contributed by atoms with Crippen LogP contribution in [0.2, 0.25) is 0 Å². The summed E-state index contributed by atoms with van der Waals surface area (Å²) in [6, 6.07) is 4.68. The molecule has 0 saturated carbocycles. The topological polar surface area (TPSA) is 107 Å². The smallest absolute Gasteiger partial charge is 0.259 e. The Morgan fingerprint density at radius 3 is 2.70 bits per heavy atom. The van der Waals surface area contributed by atoms with Crippen molar-refractivity contribution >= 4 is 34.9 Å². The molecule has 1 aromatic heterocycles. The van der Waals surface area contributed by atoms with Crippen molar-refractivity contribution in [1.82, 2.24) is 20.6 Å². The molecule has 0 aliphatic rings. The molecule has 0 atom stereocenters. The molecule has 2 rings (SSSR count). The molecule has 0 aliphatic carbocycles. The highest BCUT2D eigenvalue weighted by atomic mass is 32.1. The number of H-pyrrole nitrogens is 2. The molecular weight excluding hydrogens is 316 g/mol. The van der Waals surface area contributed by atoms with E-state index in [2.05, 4.69) is 20.6 Å². The lowest BCUT2D eigenvalue weighted by Gasteiger charge is -2.07. The molecule has 0 fully saturated rings. The summed E-state index contributed by atoms with van der Waals surface area (Å²) in [7, 11) is 0. The number of fused-ring (bicyclic) bond motifs is 1. The Morgan fingerprint density at radius 2 is 1.96 bits per heavy atom. The van der Waals surface area contributed by atoms with Gasteiger partial charge >= 0.3 is 0 Å². The maximum Gasteiger partial charge on any atom is 0.259 e. The van der Waals surface area contributed by atoms with Gasteiger partial charge < -0.3 is 15.6 Å². The van der Waals surface area contributed by atoms with Crippen LogP contribution in [0.1, 0.15) is 30.1 Å². The minimum absolute atomic E-state index is 0.0960. The summed E-state index contributed by atoms with van der Waals surface area (Å²) in [6.45, 7) is 2.85. The van der Waals surface area contributed by atoms with Gasteiger partial charge in [-0.3, -0.25) is 19.4 Å². The highest BCUT2D eigenvalue weighted by Gasteiger charge is 2.08. The second kappa shape index (κ2) is 7.68. The first-order valence-electron chi connectivity index (χ1n) is 7.32. The van der Waals surface area contributed by atoms with Gasteiger partial charge in [-0.1, -0.05) is 6.92 Å². The number of aromatic nitrogens is 2. The zero-order chi connectivity index (χ0) is 16.8. The molecule has 4 N–H and O–H groups in total. The van der Waals surface area contributed by atoms with Crippen LogP contribution in [-0.4, -0.2) is 34.9 Å². The van der Waals surface area contributed by atoms with Gasteiger partial charge in [-0.05, 0) is 36.8 Å². The van der Waals surface area contributed by atoms with Crippen LogP contribution in [0.3, 0.4) is 0 Å². The predicted octanol–water partition coefficient (Wildman–Crippen LogP) is 1.23. The number of carbonyl (C=O) groups is 2. The fraction of sp³-hybridized carbons (Fsp3) is 0.333. The van der Waals surface area contributed by atoms with Gasteiger partial charge in [0.2, 0.25) is 5.91 Å². The third-order valence-electron chi connectivity index (χ3n) is 3.21. The van der Waals surface area contributed by atoms with Gasteiger partial charge in [0.1, 0.15) is 0 Å². The van der Waals surface area contributed by atoms with Crippen molar-refractivity contribution < 1.29 is 9.59 Å². The van der Waals surface area contributed by atoms with E-state index in [9.17, 15) is 14.4 Å². The summed E-state index contributed by atoms with van der Waals surface area (Å²) in [6.07, 6.45) is 1.09. The van der Waals surface area contributed by atoms with Crippen molar-refractivity contribution in [3.63, 3.8) is 0 Å². The lowest BCUT2D eigenvalue weighted by atomic mass is 10.1. The molecule has 1 heterocycles. The molecule has 0 aliphatic heterocycles. The Bertz CT molecular complexity index is 840. The maximum atomic E-state index is 12.1. The molecule has 0 saturated heterocycles. The number of hydrogen-bond acceptors (Lipinski definition) is 4. The number of hydrogen-bond donors (Lipinski definition) is 4. The summed E-state index contributed by atoms with van der Waals surface area (Å²) in [4.78, 5) is 40.6. The summed E-state index contributed by atoms with van der Waals surface area (Å²) in [5, 5.41) is 5.84. The van der Waals surface area contributed by atoms with Crippen LogP contribution in [0.25, 0.3) is 10.9 Å². The number of carbonyl (C=O) groups excluding carboxylic acids is 2. The quantitative estimate of drug-likeness (QED) is 0.596. The largest absolute Gasteiger partial charge is 0.356 e. The van der Waals surface area contributed by atoms with Gasteiger partial charge in [-0.25, -0.2) is 0 Å². The van der Waals surface area contributed by atoms with Gasteiger partial charge in [0.25, 0.3) is 11.5 Å². The maximum absolute atomic E-state index is 12.1. The van der Waals surface area contributed by atoms with Crippen molar-refractivity contribution in [3.05, 3.63) is 38.9 Å². The number of nitrogens with one attached hydrogen (secondary N) is 4. The molecule has 2 aromatic rings. The number of benzene rings is 1. The average molecular weight is 334 g/mol. The molecule has 8 heteroatoms. The van der Waals surface area contributed by atoms with Crippen LogP contribution in [-0.2, 0) is 4.79 Å². The number of amides is 2. The minimum Gasteiger partial charge on any atom is -0.356 e. The first kappa shape index (κ1) is 16.9. The van der Waals surface area contributed by atoms with E-state index in [0.717, 1.165) is 6.42 Å². The summed E-state index contributed by atoms with van der Waals surface area (Å²) in [5.41, 5.74) is 0.582. The minimum atomic E-state index is -0.310. The molecule has 0 spiro atoms. The van der Waals surface area contributed by atoms with Crippen molar-refractivity contribution in [2.24, 2.45) is 0 Å². The highest BCUT2D eigenvalue weighted by molar-refractivity contribution is 7.71. The van der Waals surface area contributed by atoms with E-state index in [-0.39, 0.29) is 35.1 Å². The second-order valence-corrected chi connectivity index (χ2v) is 5.43. The van der Waals surface area contributed by atoms with E-state index in [1.54, 1.807) is 18.2 Å². The van der Waals surface area contributed by atoms with Crippen molar-refractivity contribution in [2.45, 2.75) is 19.8 Å².